The number of H-pyrrole nitrogens is 2. The van der Waals surface area contributed by atoms with Crippen molar-refractivity contribution in [2.24, 2.45) is 0 Å². The van der Waals surface area contributed by atoms with E-state index < -0.39 is 11.2 Å². The third-order valence-corrected chi connectivity index (χ3v) is 9.74. The number of aromatic amines is 2. The van der Waals surface area contributed by atoms with E-state index in [2.05, 4.69) is 52.4 Å². The first-order valence-corrected chi connectivity index (χ1v) is 18.2. The molecule has 0 spiro atoms. The highest BCUT2D eigenvalue weighted by Gasteiger charge is 2.36. The molecule has 268 valence electrons. The summed E-state index contributed by atoms with van der Waals surface area (Å²) in [5.41, 5.74) is 6.46. The van der Waals surface area contributed by atoms with Gasteiger partial charge in [0.1, 0.15) is 22.9 Å². The summed E-state index contributed by atoms with van der Waals surface area (Å²) in [7, 11) is 0. The van der Waals surface area contributed by atoms with Crippen molar-refractivity contribution in [1.82, 2.24) is 34.7 Å². The van der Waals surface area contributed by atoms with Crippen LogP contribution in [-0.2, 0) is 9.47 Å². The van der Waals surface area contributed by atoms with E-state index in [4.69, 9.17) is 24.4 Å². The highest BCUT2D eigenvalue weighted by molar-refractivity contribution is 5.91. The van der Waals surface area contributed by atoms with E-state index in [0.717, 1.165) is 92.6 Å². The number of likely N-dealkylation sites (tertiary alicyclic amines) is 2. The number of pyridine rings is 1. The Morgan fingerprint density at radius 1 is 0.654 bits per heavy atom. The highest BCUT2D eigenvalue weighted by Crippen LogP contribution is 2.36. The molecule has 11 nitrogen and oxygen atoms in total. The van der Waals surface area contributed by atoms with Crippen LogP contribution in [0.4, 0.5) is 9.59 Å². The first-order valence-electron chi connectivity index (χ1n) is 18.2. The molecule has 3 aromatic heterocycles. The topological polar surface area (TPSA) is 129 Å². The molecule has 2 saturated heterocycles. The smallest absolute Gasteiger partial charge is 0.410 e. The SMILES string of the molecule is CC(C)(C)OC(=O)N1CCC[C@H]1c1nc2ccc(-c3ccc4cc(-c5ccc6nc([C@@H]7CCCN7C(=O)OC(C)(C)C)[nH]c6c5)ncc4c3)cc2[nH]1. The van der Waals surface area contributed by atoms with Crippen molar-refractivity contribution in [3.05, 3.63) is 78.5 Å². The molecule has 2 amide bonds. The number of hydrogen-bond acceptors (Lipinski definition) is 7. The number of imidazole rings is 2. The van der Waals surface area contributed by atoms with Crippen molar-refractivity contribution in [3.8, 4) is 22.4 Å². The fourth-order valence-corrected chi connectivity index (χ4v) is 7.37. The molecule has 2 aliphatic heterocycles. The van der Waals surface area contributed by atoms with Gasteiger partial charge in [0.25, 0.3) is 0 Å². The molecule has 2 N–H and O–H groups in total. The number of carbonyl (C=O) groups excluding carboxylic acids is 2. The van der Waals surface area contributed by atoms with Gasteiger partial charge in [0, 0.05) is 30.2 Å². The number of rotatable bonds is 4. The zero-order chi connectivity index (χ0) is 36.4. The van der Waals surface area contributed by atoms with Gasteiger partial charge in [-0.3, -0.25) is 14.8 Å². The van der Waals surface area contributed by atoms with Gasteiger partial charge in [-0.05, 0) is 120 Å². The summed E-state index contributed by atoms with van der Waals surface area (Å²) in [6.07, 6.45) is 4.82. The Labute approximate surface area is 302 Å². The second kappa shape index (κ2) is 12.6. The van der Waals surface area contributed by atoms with Gasteiger partial charge in [0.2, 0.25) is 0 Å². The standard InChI is InChI=1S/C41H45N7O4/c1-40(2,3)51-38(49)47-17-7-9-34(47)36-43-29-15-13-25(21-32(29)45-36)24-11-12-26-20-31(42-23-28(26)19-24)27-14-16-30-33(22-27)46-37(44-30)35-10-8-18-48(35)39(50)52-41(4,5)6/h11-16,19-23,34-35H,7-10,17-18H2,1-6H3,(H,43,45)(H,44,46)/t34-,35-/m0/s1. The molecule has 11 heteroatoms. The Kier molecular flexibility index (Phi) is 8.19. The highest BCUT2D eigenvalue weighted by atomic mass is 16.6. The second-order valence-electron chi connectivity index (χ2n) is 16.0. The van der Waals surface area contributed by atoms with E-state index in [1.165, 1.54) is 0 Å². The molecule has 8 rings (SSSR count). The number of aromatic nitrogens is 5. The van der Waals surface area contributed by atoms with Crippen molar-refractivity contribution < 1.29 is 19.1 Å². The van der Waals surface area contributed by atoms with Crippen LogP contribution in [0, 0.1) is 0 Å². The molecule has 3 aromatic carbocycles. The Morgan fingerprint density at radius 3 is 1.71 bits per heavy atom. The zero-order valence-electron chi connectivity index (χ0n) is 30.6. The Bertz CT molecular complexity index is 2170. The maximum atomic E-state index is 12.9. The van der Waals surface area contributed by atoms with Crippen LogP contribution in [0.2, 0.25) is 0 Å². The monoisotopic (exact) mass is 699 g/mol. The normalized spacial score (nSPS) is 18.2. The number of nitrogens with one attached hydrogen (secondary N) is 2. The quantitative estimate of drug-likeness (QED) is 0.188. The number of carbonyl (C=O) groups is 2. The average molecular weight is 700 g/mol. The maximum Gasteiger partial charge on any atom is 0.410 e. The first-order chi connectivity index (χ1) is 24.8. The molecule has 2 aliphatic rings. The molecule has 6 aromatic rings. The Morgan fingerprint density at radius 2 is 1.15 bits per heavy atom. The second-order valence-corrected chi connectivity index (χ2v) is 16.0. The van der Waals surface area contributed by atoms with Crippen LogP contribution in [0.15, 0.2) is 66.9 Å². The van der Waals surface area contributed by atoms with Gasteiger partial charge in [-0.25, -0.2) is 19.6 Å². The third-order valence-electron chi connectivity index (χ3n) is 9.74. The molecule has 0 radical (unpaired) electrons. The van der Waals surface area contributed by atoms with Gasteiger partial charge in [0.15, 0.2) is 0 Å². The van der Waals surface area contributed by atoms with Crippen molar-refractivity contribution in [2.75, 3.05) is 13.1 Å². The van der Waals surface area contributed by atoms with Gasteiger partial charge in [-0.15, -0.1) is 0 Å². The largest absolute Gasteiger partial charge is 0.444 e. The molecule has 0 aliphatic carbocycles. The van der Waals surface area contributed by atoms with E-state index in [1.807, 2.05) is 65.9 Å². The van der Waals surface area contributed by atoms with Crippen LogP contribution in [0.5, 0.6) is 0 Å². The maximum absolute atomic E-state index is 12.9. The number of nitrogens with zero attached hydrogens (tertiary/aromatic N) is 5. The van der Waals surface area contributed by atoms with Gasteiger partial charge in [-0.2, -0.15) is 0 Å². The first kappa shape index (κ1) is 33.7. The molecule has 52 heavy (non-hydrogen) atoms. The lowest BCUT2D eigenvalue weighted by Gasteiger charge is -2.27. The van der Waals surface area contributed by atoms with Crippen molar-refractivity contribution >= 4 is 45.0 Å². The fraction of sp³-hybridized carbons (Fsp3) is 0.390. The lowest BCUT2D eigenvalue weighted by atomic mass is 10.0. The third kappa shape index (κ3) is 6.67. The molecule has 2 atom stereocenters. The lowest BCUT2D eigenvalue weighted by Crippen LogP contribution is -2.36. The molecule has 2 fully saturated rings. The molecule has 0 bridgehead atoms. The summed E-state index contributed by atoms with van der Waals surface area (Å²) in [6.45, 7) is 12.6. The van der Waals surface area contributed by atoms with Gasteiger partial charge in [-0.1, -0.05) is 24.3 Å². The summed E-state index contributed by atoms with van der Waals surface area (Å²) < 4.78 is 11.3. The van der Waals surface area contributed by atoms with Crippen LogP contribution < -0.4 is 0 Å². The Hall–Kier alpha value is -5.45. The van der Waals surface area contributed by atoms with E-state index in [0.29, 0.717) is 13.1 Å². The molecular weight excluding hydrogens is 654 g/mol. The fourth-order valence-electron chi connectivity index (χ4n) is 7.37. The van der Waals surface area contributed by atoms with Gasteiger partial charge in [0.05, 0.1) is 39.8 Å². The van der Waals surface area contributed by atoms with Crippen LogP contribution in [0.3, 0.4) is 0 Å². The minimum atomic E-state index is -0.551. The van der Waals surface area contributed by atoms with Crippen LogP contribution in [-0.4, -0.2) is 71.2 Å². The Balaban J connectivity index is 1.01. The summed E-state index contributed by atoms with van der Waals surface area (Å²) in [6, 6.07) is 20.6. The van der Waals surface area contributed by atoms with Crippen molar-refractivity contribution in [2.45, 2.75) is 90.5 Å². The molecule has 0 unspecified atom stereocenters. The number of hydrogen-bond donors (Lipinski definition) is 2. The van der Waals surface area contributed by atoms with E-state index in [1.54, 1.807) is 9.80 Å². The summed E-state index contributed by atoms with van der Waals surface area (Å²) in [5, 5.41) is 2.13. The summed E-state index contributed by atoms with van der Waals surface area (Å²) >= 11 is 0. The minimum Gasteiger partial charge on any atom is -0.444 e. The van der Waals surface area contributed by atoms with Crippen LogP contribution in [0.1, 0.15) is 91.0 Å². The lowest BCUT2D eigenvalue weighted by molar-refractivity contribution is 0.0208. The molecule has 5 heterocycles. The predicted molar refractivity (Wildman–Crippen MR) is 202 cm³/mol. The van der Waals surface area contributed by atoms with Gasteiger partial charge < -0.3 is 19.4 Å². The van der Waals surface area contributed by atoms with Crippen LogP contribution in [0.25, 0.3) is 55.2 Å². The van der Waals surface area contributed by atoms with E-state index in [-0.39, 0.29) is 24.3 Å². The number of amides is 2. The predicted octanol–water partition coefficient (Wildman–Crippen LogP) is 9.47. The molecule has 0 saturated carbocycles. The van der Waals surface area contributed by atoms with Crippen LogP contribution >= 0.6 is 0 Å². The number of fused-ring (bicyclic) bond motifs is 3. The van der Waals surface area contributed by atoms with Crippen molar-refractivity contribution in [3.63, 3.8) is 0 Å². The van der Waals surface area contributed by atoms with E-state index in [9.17, 15) is 9.59 Å². The van der Waals surface area contributed by atoms with E-state index >= 15 is 0 Å². The van der Waals surface area contributed by atoms with Gasteiger partial charge >= 0.3 is 12.2 Å². The number of ether oxygens (including phenoxy) is 2. The average Bonchev–Trinajstić information content (AvgIpc) is 3.90. The minimum absolute atomic E-state index is 0.135. The number of benzene rings is 3. The van der Waals surface area contributed by atoms with Crippen molar-refractivity contribution in [1.29, 1.82) is 0 Å². The summed E-state index contributed by atoms with van der Waals surface area (Å²) in [4.78, 5) is 50.9. The zero-order valence-corrected chi connectivity index (χ0v) is 30.6. The summed E-state index contributed by atoms with van der Waals surface area (Å²) in [5.74, 6) is 1.57. The molecular formula is C41H45N7O4.